The fourth-order valence-electron chi connectivity index (χ4n) is 1.63. The van der Waals surface area contributed by atoms with Crippen LogP contribution in [0.4, 0.5) is 0 Å². The van der Waals surface area contributed by atoms with Gasteiger partial charge in [-0.25, -0.2) is 0 Å². The fraction of sp³-hybridized carbons (Fsp3) is 0.375. The van der Waals surface area contributed by atoms with Crippen LogP contribution in [0.5, 0.6) is 0 Å². The summed E-state index contributed by atoms with van der Waals surface area (Å²) in [7, 11) is 0. The monoisotopic (exact) mass is 165 g/mol. The van der Waals surface area contributed by atoms with Crippen molar-refractivity contribution in [1.82, 2.24) is 4.98 Å². The van der Waals surface area contributed by atoms with Crippen molar-refractivity contribution in [1.29, 1.82) is 0 Å². The quantitative estimate of drug-likeness (QED) is 0.560. The van der Waals surface area contributed by atoms with E-state index < -0.39 is 0 Å². The number of hydrogen-bond donors (Lipinski definition) is 1. The molecule has 2 atom stereocenters. The van der Waals surface area contributed by atoms with E-state index in [1.807, 2.05) is 0 Å². The average molecular weight is 165 g/mol. The van der Waals surface area contributed by atoms with E-state index in [1.165, 1.54) is 17.8 Å². The summed E-state index contributed by atoms with van der Waals surface area (Å²) in [5.74, 6) is 1.47. The van der Waals surface area contributed by atoms with E-state index in [2.05, 4.69) is 17.1 Å². The molecular formula is C8H7NOS. The third-order valence-corrected chi connectivity index (χ3v) is 3.21. The molecule has 0 aliphatic heterocycles. The number of nitrogens with one attached hydrogen (secondary N) is 1. The smallest absolute Gasteiger partial charge is 0.305 e. The first-order valence-electron chi connectivity index (χ1n) is 3.76. The van der Waals surface area contributed by atoms with Gasteiger partial charge in [0.25, 0.3) is 0 Å². The highest BCUT2D eigenvalue weighted by Crippen LogP contribution is 2.41. The number of aromatic nitrogens is 1. The maximum Gasteiger partial charge on any atom is 0.305 e. The summed E-state index contributed by atoms with van der Waals surface area (Å²) in [4.78, 5) is 13.8. The second-order valence-corrected chi connectivity index (χ2v) is 4.20. The predicted molar refractivity (Wildman–Crippen MR) is 44.7 cm³/mol. The molecule has 1 heterocycles. The summed E-state index contributed by atoms with van der Waals surface area (Å²) >= 11 is 1.32. The fourth-order valence-corrected chi connectivity index (χ4v) is 2.46. The molecular weight excluding hydrogens is 158 g/mol. The Kier molecular flexibility index (Phi) is 0.874. The van der Waals surface area contributed by atoms with Crippen LogP contribution in [0.25, 0.3) is 12.2 Å². The molecule has 2 unspecified atom stereocenters. The molecule has 2 aliphatic rings. The molecule has 0 saturated heterocycles. The average Bonchev–Trinajstić information content (AvgIpc) is 2.57. The zero-order valence-corrected chi connectivity index (χ0v) is 6.65. The Labute approximate surface area is 66.9 Å². The van der Waals surface area contributed by atoms with Crippen LogP contribution >= 0.6 is 11.3 Å². The van der Waals surface area contributed by atoms with E-state index in [9.17, 15) is 4.79 Å². The molecule has 2 aliphatic carbocycles. The largest absolute Gasteiger partial charge is 0.313 e. The molecule has 3 heteroatoms. The van der Waals surface area contributed by atoms with Gasteiger partial charge in [-0.3, -0.25) is 4.79 Å². The van der Waals surface area contributed by atoms with Crippen LogP contribution in [0.3, 0.4) is 0 Å². The van der Waals surface area contributed by atoms with Crippen LogP contribution < -0.4 is 14.8 Å². The highest BCUT2D eigenvalue weighted by Gasteiger charge is 2.34. The van der Waals surface area contributed by atoms with Crippen LogP contribution in [0.2, 0.25) is 0 Å². The zero-order chi connectivity index (χ0) is 7.42. The molecule has 0 bridgehead atoms. The first-order valence-corrected chi connectivity index (χ1v) is 4.57. The van der Waals surface area contributed by atoms with E-state index in [0.29, 0.717) is 0 Å². The summed E-state index contributed by atoms with van der Waals surface area (Å²) < 4.78 is 1.15. The predicted octanol–water partition coefficient (Wildman–Crippen LogP) is -0.353. The minimum atomic E-state index is 0.0730. The Morgan fingerprint density at radius 3 is 3.18 bits per heavy atom. The maximum atomic E-state index is 10.9. The van der Waals surface area contributed by atoms with Gasteiger partial charge in [-0.15, -0.1) is 0 Å². The molecule has 0 radical (unpaired) electrons. The Morgan fingerprint density at radius 1 is 1.45 bits per heavy atom. The van der Waals surface area contributed by atoms with Gasteiger partial charge < -0.3 is 4.98 Å². The molecule has 11 heavy (non-hydrogen) atoms. The van der Waals surface area contributed by atoms with Gasteiger partial charge in [0.15, 0.2) is 0 Å². The Morgan fingerprint density at radius 2 is 2.27 bits per heavy atom. The second kappa shape index (κ2) is 1.67. The summed E-state index contributed by atoms with van der Waals surface area (Å²) in [6, 6.07) is 0. The molecule has 1 N–H and O–H groups in total. The maximum absolute atomic E-state index is 10.9. The number of aromatic amines is 1. The molecule has 1 fully saturated rings. The van der Waals surface area contributed by atoms with Gasteiger partial charge in [-0.05, 0) is 18.3 Å². The molecule has 1 aromatic rings. The third-order valence-electron chi connectivity index (χ3n) is 2.34. The van der Waals surface area contributed by atoms with Crippen molar-refractivity contribution in [2.24, 2.45) is 11.8 Å². The zero-order valence-electron chi connectivity index (χ0n) is 5.83. The first-order chi connectivity index (χ1) is 5.33. The number of rotatable bonds is 0. The van der Waals surface area contributed by atoms with Crippen LogP contribution in [0, 0.1) is 11.8 Å². The van der Waals surface area contributed by atoms with Gasteiger partial charge in [0, 0.05) is 0 Å². The summed E-state index contributed by atoms with van der Waals surface area (Å²) in [6.45, 7) is 0. The summed E-state index contributed by atoms with van der Waals surface area (Å²) in [5.41, 5.74) is 0. The van der Waals surface area contributed by atoms with Crippen molar-refractivity contribution in [2.75, 3.05) is 0 Å². The van der Waals surface area contributed by atoms with E-state index in [0.717, 1.165) is 21.7 Å². The topological polar surface area (TPSA) is 32.9 Å². The lowest BCUT2D eigenvalue weighted by Crippen LogP contribution is -2.24. The van der Waals surface area contributed by atoms with Crippen molar-refractivity contribution in [2.45, 2.75) is 6.42 Å². The minimum Gasteiger partial charge on any atom is -0.313 e. The lowest BCUT2D eigenvalue weighted by atomic mass is 10.2. The van der Waals surface area contributed by atoms with Crippen molar-refractivity contribution in [3.8, 4) is 0 Å². The lowest BCUT2D eigenvalue weighted by molar-refractivity contribution is 1.05. The molecule has 1 aromatic heterocycles. The number of thiazole rings is 1. The molecule has 1 saturated carbocycles. The Bertz CT molecular complexity index is 427. The van der Waals surface area contributed by atoms with Crippen molar-refractivity contribution in [3.05, 3.63) is 19.5 Å². The summed E-state index contributed by atoms with van der Waals surface area (Å²) in [5, 5.41) is 1.05. The highest BCUT2D eigenvalue weighted by molar-refractivity contribution is 7.07. The minimum absolute atomic E-state index is 0.0730. The van der Waals surface area contributed by atoms with E-state index in [4.69, 9.17) is 0 Å². The van der Waals surface area contributed by atoms with Gasteiger partial charge >= 0.3 is 4.87 Å². The molecule has 0 amide bonds. The van der Waals surface area contributed by atoms with Crippen molar-refractivity contribution < 1.29 is 0 Å². The highest BCUT2D eigenvalue weighted by atomic mass is 32.1. The normalized spacial score (nSPS) is 31.3. The van der Waals surface area contributed by atoms with Gasteiger partial charge in [0.2, 0.25) is 0 Å². The van der Waals surface area contributed by atoms with Gasteiger partial charge in [-0.1, -0.05) is 23.5 Å². The van der Waals surface area contributed by atoms with Crippen LogP contribution in [0.1, 0.15) is 6.42 Å². The first kappa shape index (κ1) is 5.77. The van der Waals surface area contributed by atoms with Crippen molar-refractivity contribution >= 4 is 23.5 Å². The van der Waals surface area contributed by atoms with Crippen LogP contribution in [0.15, 0.2) is 4.79 Å². The lowest BCUT2D eigenvalue weighted by Gasteiger charge is -1.89. The van der Waals surface area contributed by atoms with E-state index in [1.54, 1.807) is 0 Å². The number of hydrogen-bond acceptors (Lipinski definition) is 2. The van der Waals surface area contributed by atoms with Gasteiger partial charge in [0.05, 0.1) is 9.88 Å². The molecule has 2 nitrogen and oxygen atoms in total. The number of H-pyrrole nitrogens is 1. The van der Waals surface area contributed by atoms with E-state index >= 15 is 0 Å². The molecule has 0 spiro atoms. The number of fused-ring (bicyclic) bond motifs is 2. The standard InChI is InChI=1S/C8H7NOS/c10-8-9-6-2-4-1-5(4)3-7(6)11-8/h2-5H,1H2,(H,9,10). The second-order valence-electron chi connectivity index (χ2n) is 3.19. The third kappa shape index (κ3) is 0.744. The SMILES string of the molecule is O=c1[nH]c2c(s1)=CC1CC1C=2. The molecule has 0 aromatic carbocycles. The Balaban J connectivity index is 2.49. The van der Waals surface area contributed by atoms with Gasteiger partial charge in [0.1, 0.15) is 0 Å². The van der Waals surface area contributed by atoms with Crippen LogP contribution in [-0.2, 0) is 0 Å². The summed E-state index contributed by atoms with van der Waals surface area (Å²) in [6.07, 6.45) is 5.70. The van der Waals surface area contributed by atoms with Gasteiger partial charge in [-0.2, -0.15) is 0 Å². The Hall–Kier alpha value is -0.830. The molecule has 3 rings (SSSR count). The molecule has 56 valence electrons. The van der Waals surface area contributed by atoms with E-state index in [-0.39, 0.29) is 4.87 Å². The van der Waals surface area contributed by atoms with Crippen molar-refractivity contribution in [3.63, 3.8) is 0 Å². The van der Waals surface area contributed by atoms with Crippen LogP contribution in [-0.4, -0.2) is 4.98 Å².